The maximum atomic E-state index is 12.0. The summed E-state index contributed by atoms with van der Waals surface area (Å²) < 4.78 is 5.61. The summed E-state index contributed by atoms with van der Waals surface area (Å²) in [6.45, 7) is 7.81. The zero-order valence-electron chi connectivity index (χ0n) is 16.9. The van der Waals surface area contributed by atoms with E-state index in [1.807, 2.05) is 36.5 Å². The third-order valence-electron chi connectivity index (χ3n) is 5.05. The molecule has 2 aromatic carbocycles. The standard InChI is InChI=1S/C25H22N2O2S/c1-4-19(25-16(3)12-13-30-25)24(17-10-11-21-18(14-17)15-26-27-21)20-8-6-7-9-22(20)29-23(28)5-2/h5-15H,2,4H2,1,3H3,(H,26,27)/b24-19+. The number of allylic oxidation sites excluding steroid dienone is 1. The molecule has 2 heterocycles. The highest BCUT2D eigenvalue weighted by Gasteiger charge is 2.20. The Morgan fingerprint density at radius 1 is 1.23 bits per heavy atom. The number of nitrogens with one attached hydrogen (secondary N) is 1. The first-order valence-corrected chi connectivity index (χ1v) is 10.6. The van der Waals surface area contributed by atoms with Crippen LogP contribution in [0, 0.1) is 6.92 Å². The van der Waals surface area contributed by atoms with Crippen molar-refractivity contribution in [1.29, 1.82) is 0 Å². The first-order valence-electron chi connectivity index (χ1n) is 9.77. The van der Waals surface area contributed by atoms with Crippen LogP contribution in [0.3, 0.4) is 0 Å². The molecule has 0 aliphatic heterocycles. The van der Waals surface area contributed by atoms with Gasteiger partial charge in [-0.25, -0.2) is 4.79 Å². The second-order valence-electron chi connectivity index (χ2n) is 6.93. The Morgan fingerprint density at radius 2 is 2.07 bits per heavy atom. The second kappa shape index (κ2) is 8.51. The largest absolute Gasteiger partial charge is 0.423 e. The van der Waals surface area contributed by atoms with Crippen LogP contribution >= 0.6 is 11.3 Å². The molecule has 0 amide bonds. The fourth-order valence-corrected chi connectivity index (χ4v) is 4.69. The van der Waals surface area contributed by atoms with Gasteiger partial charge in [0.2, 0.25) is 0 Å². The number of hydrogen-bond donors (Lipinski definition) is 1. The number of ether oxygens (including phenoxy) is 1. The lowest BCUT2D eigenvalue weighted by atomic mass is 9.89. The summed E-state index contributed by atoms with van der Waals surface area (Å²) in [5.74, 6) is 0.0438. The lowest BCUT2D eigenvalue weighted by Crippen LogP contribution is -2.06. The molecule has 1 N–H and O–H groups in total. The van der Waals surface area contributed by atoms with Crippen molar-refractivity contribution < 1.29 is 9.53 Å². The third kappa shape index (κ3) is 3.72. The molecule has 4 nitrogen and oxygen atoms in total. The number of carbonyl (C=O) groups is 1. The van der Waals surface area contributed by atoms with Crippen molar-refractivity contribution in [3.8, 4) is 5.75 Å². The van der Waals surface area contributed by atoms with Gasteiger partial charge in [-0.05, 0) is 65.3 Å². The van der Waals surface area contributed by atoms with E-state index in [4.69, 9.17) is 4.74 Å². The van der Waals surface area contributed by atoms with E-state index in [9.17, 15) is 4.79 Å². The molecular weight excluding hydrogens is 392 g/mol. The van der Waals surface area contributed by atoms with Crippen LogP contribution in [0.1, 0.15) is 34.9 Å². The van der Waals surface area contributed by atoms with Crippen LogP contribution in [0.4, 0.5) is 0 Å². The Balaban J connectivity index is 2.02. The topological polar surface area (TPSA) is 55.0 Å². The van der Waals surface area contributed by atoms with Crippen LogP contribution in [-0.4, -0.2) is 16.2 Å². The second-order valence-corrected chi connectivity index (χ2v) is 7.85. The lowest BCUT2D eigenvalue weighted by Gasteiger charge is -2.18. The molecule has 150 valence electrons. The minimum Gasteiger partial charge on any atom is -0.423 e. The lowest BCUT2D eigenvalue weighted by molar-refractivity contribution is -0.128. The van der Waals surface area contributed by atoms with Crippen LogP contribution in [0.15, 0.2) is 72.8 Å². The van der Waals surface area contributed by atoms with E-state index in [0.29, 0.717) is 5.75 Å². The molecule has 0 radical (unpaired) electrons. The van der Waals surface area contributed by atoms with E-state index in [2.05, 4.69) is 54.2 Å². The molecule has 0 saturated heterocycles. The number of fused-ring (bicyclic) bond motifs is 1. The summed E-state index contributed by atoms with van der Waals surface area (Å²) in [4.78, 5) is 13.2. The molecule has 0 spiro atoms. The average Bonchev–Trinajstić information content (AvgIpc) is 3.40. The predicted molar refractivity (Wildman–Crippen MR) is 124 cm³/mol. The maximum Gasteiger partial charge on any atom is 0.335 e. The molecule has 0 fully saturated rings. The minimum atomic E-state index is -0.475. The van der Waals surface area contributed by atoms with E-state index in [1.54, 1.807) is 11.3 Å². The van der Waals surface area contributed by atoms with E-state index in [-0.39, 0.29) is 0 Å². The van der Waals surface area contributed by atoms with E-state index in [1.165, 1.54) is 22.1 Å². The maximum absolute atomic E-state index is 12.0. The number of carbonyl (C=O) groups excluding carboxylic acids is 1. The van der Waals surface area contributed by atoms with Gasteiger partial charge < -0.3 is 4.74 Å². The molecule has 0 aliphatic carbocycles. The quantitative estimate of drug-likeness (QED) is 0.226. The molecule has 0 atom stereocenters. The Kier molecular flexibility index (Phi) is 5.63. The summed E-state index contributed by atoms with van der Waals surface area (Å²) in [5.41, 5.74) is 6.41. The summed E-state index contributed by atoms with van der Waals surface area (Å²) in [6, 6.07) is 16.0. The first kappa shape index (κ1) is 19.9. The van der Waals surface area contributed by atoms with Crippen molar-refractivity contribution in [2.75, 3.05) is 0 Å². The minimum absolute atomic E-state index is 0.475. The van der Waals surface area contributed by atoms with Crippen molar-refractivity contribution in [2.45, 2.75) is 20.3 Å². The van der Waals surface area contributed by atoms with Crippen molar-refractivity contribution >= 4 is 39.4 Å². The van der Waals surface area contributed by atoms with Crippen molar-refractivity contribution in [3.63, 3.8) is 0 Å². The average molecular weight is 415 g/mol. The Labute approximate surface area is 179 Å². The number of thiophene rings is 1. The van der Waals surface area contributed by atoms with Crippen LogP contribution < -0.4 is 4.74 Å². The molecule has 4 aromatic rings. The number of rotatable bonds is 6. The van der Waals surface area contributed by atoms with Gasteiger partial charge in [0.1, 0.15) is 5.75 Å². The number of hydrogen-bond acceptors (Lipinski definition) is 4. The zero-order valence-corrected chi connectivity index (χ0v) is 17.8. The molecule has 5 heteroatoms. The van der Waals surface area contributed by atoms with Gasteiger partial charge in [0.15, 0.2) is 0 Å². The molecule has 4 rings (SSSR count). The van der Waals surface area contributed by atoms with E-state index in [0.717, 1.165) is 34.0 Å². The first-order chi connectivity index (χ1) is 14.6. The highest BCUT2D eigenvalue weighted by molar-refractivity contribution is 7.11. The van der Waals surface area contributed by atoms with Gasteiger partial charge in [-0.15, -0.1) is 11.3 Å². The van der Waals surface area contributed by atoms with Crippen molar-refractivity contribution in [3.05, 3.63) is 94.3 Å². The molecule has 0 bridgehead atoms. The number of aryl methyl sites for hydroxylation is 1. The molecule has 0 aliphatic rings. The van der Waals surface area contributed by atoms with Crippen LogP contribution in [0.2, 0.25) is 0 Å². The summed E-state index contributed by atoms with van der Waals surface area (Å²) >= 11 is 1.73. The smallest absolute Gasteiger partial charge is 0.335 e. The van der Waals surface area contributed by atoms with Crippen LogP contribution in [-0.2, 0) is 4.79 Å². The molecule has 0 saturated carbocycles. The fraction of sp³-hybridized carbons (Fsp3) is 0.120. The van der Waals surface area contributed by atoms with Crippen molar-refractivity contribution in [1.82, 2.24) is 10.2 Å². The van der Waals surface area contributed by atoms with Crippen molar-refractivity contribution in [2.24, 2.45) is 0 Å². The summed E-state index contributed by atoms with van der Waals surface area (Å²) in [6.07, 6.45) is 3.84. The molecular formula is C25H22N2O2S. The molecule has 0 unspecified atom stereocenters. The van der Waals surface area contributed by atoms with Gasteiger partial charge in [0.25, 0.3) is 0 Å². The summed E-state index contributed by atoms with van der Waals surface area (Å²) in [7, 11) is 0. The Hall–Kier alpha value is -3.44. The van der Waals surface area contributed by atoms with Crippen LogP contribution in [0.25, 0.3) is 22.0 Å². The van der Waals surface area contributed by atoms with Gasteiger partial charge in [-0.2, -0.15) is 5.10 Å². The zero-order chi connectivity index (χ0) is 21.1. The number of nitrogens with zero attached hydrogens (tertiary/aromatic N) is 1. The highest BCUT2D eigenvalue weighted by atomic mass is 32.1. The van der Waals surface area contributed by atoms with E-state index < -0.39 is 5.97 Å². The third-order valence-corrected chi connectivity index (χ3v) is 6.13. The number of aromatic amines is 1. The van der Waals surface area contributed by atoms with Crippen LogP contribution in [0.5, 0.6) is 5.75 Å². The predicted octanol–water partition coefficient (Wildman–Crippen LogP) is 6.39. The van der Waals surface area contributed by atoms with Gasteiger partial charge in [0, 0.05) is 21.9 Å². The Morgan fingerprint density at radius 3 is 2.80 bits per heavy atom. The Bertz CT molecular complexity index is 1260. The summed E-state index contributed by atoms with van der Waals surface area (Å²) in [5, 5.41) is 10.3. The number of aromatic nitrogens is 2. The van der Waals surface area contributed by atoms with Gasteiger partial charge in [0.05, 0.1) is 11.7 Å². The normalized spacial score (nSPS) is 11.9. The highest BCUT2D eigenvalue weighted by Crippen LogP contribution is 2.41. The van der Waals surface area contributed by atoms with Gasteiger partial charge >= 0.3 is 5.97 Å². The van der Waals surface area contributed by atoms with Gasteiger partial charge in [-0.1, -0.05) is 37.8 Å². The fourth-order valence-electron chi connectivity index (χ4n) is 3.64. The number of para-hydroxylation sites is 1. The van der Waals surface area contributed by atoms with E-state index >= 15 is 0 Å². The SMILES string of the molecule is C=CC(=O)Oc1ccccc1/C(=C(\CC)c1sccc1C)c1ccc2[nH]ncc2c1. The molecule has 2 aromatic heterocycles. The number of benzene rings is 2. The van der Waals surface area contributed by atoms with Gasteiger partial charge in [-0.3, -0.25) is 5.10 Å². The molecule has 30 heavy (non-hydrogen) atoms. The monoisotopic (exact) mass is 414 g/mol. The number of H-pyrrole nitrogens is 1. The number of esters is 1.